The van der Waals surface area contributed by atoms with Crippen molar-refractivity contribution in [3.63, 3.8) is 0 Å². The number of hydrogen-bond donors (Lipinski definition) is 0. The minimum absolute atomic E-state index is 0. The number of nitrogens with zero attached hydrogens (tertiary/aromatic N) is 3. The fourth-order valence-electron chi connectivity index (χ4n) is 3.17. The van der Waals surface area contributed by atoms with Crippen molar-refractivity contribution in [2.45, 2.75) is 13.3 Å². The van der Waals surface area contributed by atoms with E-state index in [1.165, 1.54) is 31.9 Å². The second-order valence-electron chi connectivity index (χ2n) is 6.16. The Hall–Kier alpha value is 0.326. The first-order valence-corrected chi connectivity index (χ1v) is 7.76. The van der Waals surface area contributed by atoms with Gasteiger partial charge in [-0.05, 0) is 31.8 Å². The third-order valence-electron chi connectivity index (χ3n) is 4.25. The van der Waals surface area contributed by atoms with Gasteiger partial charge in [0.25, 0.3) is 0 Å². The maximum atomic E-state index is 5.14. The summed E-state index contributed by atoms with van der Waals surface area (Å²) in [6.07, 6.45) is 1.33. The summed E-state index contributed by atoms with van der Waals surface area (Å²) in [4.78, 5) is 7.31. The number of hydrogen-bond acceptors (Lipinski definition) is 4. The molecule has 113 valence electrons. The Morgan fingerprint density at radius 1 is 1.35 bits per heavy atom. The minimum atomic E-state index is 0. The molecule has 2 heterocycles. The van der Waals surface area contributed by atoms with E-state index in [0.29, 0.717) is 5.92 Å². The standard InChI is InChI=1S/C14H28N3OP.Ga/c1-12(11-18-19)8-16-6-7-17(13(16)2)10-14-4-5-15(3)9-14;/h12,14H,2,4-11,19H2,1,3H3;. The molecule has 4 nitrogen and oxygen atoms in total. The molecule has 0 aliphatic carbocycles. The first-order valence-electron chi connectivity index (χ1n) is 7.29. The summed E-state index contributed by atoms with van der Waals surface area (Å²) in [7, 11) is 4.55. The van der Waals surface area contributed by atoms with Crippen molar-refractivity contribution in [2.24, 2.45) is 11.8 Å². The van der Waals surface area contributed by atoms with Gasteiger partial charge in [-0.2, -0.15) is 0 Å². The van der Waals surface area contributed by atoms with Crippen LogP contribution >= 0.6 is 9.47 Å². The van der Waals surface area contributed by atoms with Crippen molar-refractivity contribution in [2.75, 3.05) is 52.9 Å². The number of rotatable bonds is 6. The molecule has 6 heteroatoms. The van der Waals surface area contributed by atoms with Crippen LogP contribution in [-0.2, 0) is 4.52 Å². The molecule has 2 rings (SSSR count). The molecule has 0 saturated carbocycles. The van der Waals surface area contributed by atoms with Crippen molar-refractivity contribution in [1.82, 2.24) is 14.7 Å². The van der Waals surface area contributed by atoms with Crippen LogP contribution in [0.4, 0.5) is 0 Å². The van der Waals surface area contributed by atoms with Crippen molar-refractivity contribution in [3.8, 4) is 0 Å². The average Bonchev–Trinajstić information content (AvgIpc) is 2.90. The summed E-state index contributed by atoms with van der Waals surface area (Å²) >= 11 is 0. The zero-order chi connectivity index (χ0) is 13.8. The van der Waals surface area contributed by atoms with Gasteiger partial charge in [0, 0.05) is 62.0 Å². The van der Waals surface area contributed by atoms with E-state index >= 15 is 0 Å². The first kappa shape index (κ1) is 18.4. The van der Waals surface area contributed by atoms with E-state index in [0.717, 1.165) is 32.2 Å². The van der Waals surface area contributed by atoms with Gasteiger partial charge in [-0.25, -0.2) is 0 Å². The summed E-state index contributed by atoms with van der Waals surface area (Å²) < 4.78 is 5.14. The van der Waals surface area contributed by atoms with Crippen LogP contribution in [0.5, 0.6) is 0 Å². The Labute approximate surface area is 139 Å². The monoisotopic (exact) mass is 354 g/mol. The van der Waals surface area contributed by atoms with Gasteiger partial charge >= 0.3 is 0 Å². The van der Waals surface area contributed by atoms with Crippen LogP contribution in [0.2, 0.25) is 0 Å². The fourth-order valence-corrected chi connectivity index (χ4v) is 3.50. The SMILES string of the molecule is C=C1N(CC(C)COP)CCN1CC1CCN(C)C1.[Ga]. The van der Waals surface area contributed by atoms with Crippen LogP contribution < -0.4 is 0 Å². The van der Waals surface area contributed by atoms with E-state index < -0.39 is 0 Å². The fraction of sp³-hybridized carbons (Fsp3) is 0.857. The quantitative estimate of drug-likeness (QED) is 0.525. The molecule has 3 radical (unpaired) electrons. The summed E-state index contributed by atoms with van der Waals surface area (Å²) in [6.45, 7) is 14.3. The smallest absolute Gasteiger partial charge is 0.0966 e. The van der Waals surface area contributed by atoms with Crippen LogP contribution in [-0.4, -0.2) is 87.4 Å². The molecule has 2 saturated heterocycles. The third kappa shape index (κ3) is 4.95. The van der Waals surface area contributed by atoms with Crippen LogP contribution in [0.15, 0.2) is 12.4 Å². The molecule has 20 heavy (non-hydrogen) atoms. The van der Waals surface area contributed by atoms with E-state index in [1.54, 1.807) is 0 Å². The predicted octanol–water partition coefficient (Wildman–Crippen LogP) is 1.09. The third-order valence-corrected chi connectivity index (χ3v) is 4.44. The first-order chi connectivity index (χ1) is 9.10. The van der Waals surface area contributed by atoms with Crippen LogP contribution in [0.3, 0.4) is 0 Å². The van der Waals surface area contributed by atoms with Gasteiger partial charge in [0.05, 0.1) is 12.4 Å². The van der Waals surface area contributed by atoms with E-state index in [2.05, 4.69) is 44.7 Å². The Bertz CT molecular complexity index is 319. The zero-order valence-electron chi connectivity index (χ0n) is 12.9. The Kier molecular flexibility index (Phi) is 7.99. The Morgan fingerprint density at radius 2 is 2.05 bits per heavy atom. The molecule has 2 aliphatic rings. The Morgan fingerprint density at radius 3 is 2.65 bits per heavy atom. The molecule has 3 unspecified atom stereocenters. The van der Waals surface area contributed by atoms with E-state index in [-0.39, 0.29) is 19.8 Å². The summed E-state index contributed by atoms with van der Waals surface area (Å²) in [5.74, 6) is 2.58. The average molecular weight is 355 g/mol. The summed E-state index contributed by atoms with van der Waals surface area (Å²) in [5.41, 5.74) is 0. The molecule has 0 bridgehead atoms. The molecule has 3 atom stereocenters. The summed E-state index contributed by atoms with van der Waals surface area (Å²) in [5, 5.41) is 0. The molecule has 0 aromatic rings. The zero-order valence-corrected chi connectivity index (χ0v) is 16.5. The van der Waals surface area contributed by atoms with Crippen molar-refractivity contribution < 1.29 is 4.52 Å². The molecule has 0 aromatic heterocycles. The van der Waals surface area contributed by atoms with Gasteiger partial charge in [-0.3, -0.25) is 0 Å². The predicted molar refractivity (Wildman–Crippen MR) is 88.5 cm³/mol. The molecular weight excluding hydrogens is 327 g/mol. The van der Waals surface area contributed by atoms with Gasteiger partial charge in [-0.1, -0.05) is 13.5 Å². The molecule has 0 N–H and O–H groups in total. The molecule has 0 aromatic carbocycles. The molecular formula is C14H28GaN3OP. The van der Waals surface area contributed by atoms with E-state index in [1.807, 2.05) is 0 Å². The van der Waals surface area contributed by atoms with Crippen molar-refractivity contribution in [3.05, 3.63) is 12.4 Å². The largest absolute Gasteiger partial charge is 0.365 e. The van der Waals surface area contributed by atoms with Crippen LogP contribution in [0, 0.1) is 11.8 Å². The molecule has 0 spiro atoms. The van der Waals surface area contributed by atoms with Gasteiger partial charge in [0.1, 0.15) is 0 Å². The topological polar surface area (TPSA) is 19.0 Å². The van der Waals surface area contributed by atoms with Crippen molar-refractivity contribution >= 4 is 29.3 Å². The van der Waals surface area contributed by atoms with E-state index in [9.17, 15) is 0 Å². The van der Waals surface area contributed by atoms with Crippen molar-refractivity contribution in [1.29, 1.82) is 0 Å². The summed E-state index contributed by atoms with van der Waals surface area (Å²) in [6, 6.07) is 0. The van der Waals surface area contributed by atoms with E-state index in [4.69, 9.17) is 4.52 Å². The normalized spacial score (nSPS) is 25.1. The molecule has 0 amide bonds. The minimum Gasteiger partial charge on any atom is -0.365 e. The van der Waals surface area contributed by atoms with Gasteiger partial charge in [0.15, 0.2) is 0 Å². The second kappa shape index (κ2) is 8.69. The molecule has 2 fully saturated rings. The Balaban J connectivity index is 0.00000200. The van der Waals surface area contributed by atoms with Gasteiger partial charge in [0.2, 0.25) is 0 Å². The van der Waals surface area contributed by atoms with Crippen LogP contribution in [0.25, 0.3) is 0 Å². The number of likely N-dealkylation sites (tertiary alicyclic amines) is 1. The van der Waals surface area contributed by atoms with Gasteiger partial charge < -0.3 is 19.2 Å². The maximum Gasteiger partial charge on any atom is 0.0966 e. The van der Waals surface area contributed by atoms with Gasteiger partial charge in [-0.15, -0.1) is 0 Å². The second-order valence-corrected chi connectivity index (χ2v) is 6.50. The maximum absolute atomic E-state index is 5.14. The molecule has 2 aliphatic heterocycles. The van der Waals surface area contributed by atoms with Crippen LogP contribution in [0.1, 0.15) is 13.3 Å².